The molecule has 1 aromatic rings. The maximum absolute atomic E-state index is 5.98. The van der Waals surface area contributed by atoms with Crippen molar-refractivity contribution in [1.82, 2.24) is 15.0 Å². The Labute approximate surface area is 90.8 Å². The van der Waals surface area contributed by atoms with Crippen LogP contribution in [0, 0.1) is 5.92 Å². The number of nitrogens with zero attached hydrogens (tertiary/aromatic N) is 3. The Hall–Kier alpha value is -0.900. The van der Waals surface area contributed by atoms with Crippen molar-refractivity contribution in [3.8, 4) is 0 Å². The van der Waals surface area contributed by atoms with Crippen LogP contribution in [-0.2, 0) is 6.54 Å². The predicted molar refractivity (Wildman–Crippen MR) is 59.2 cm³/mol. The summed E-state index contributed by atoms with van der Waals surface area (Å²) in [5, 5.41) is 8.26. The average Bonchev–Trinajstić information content (AvgIpc) is 2.60. The van der Waals surface area contributed by atoms with Gasteiger partial charge in [-0.3, -0.25) is 4.68 Å². The predicted octanol–water partition coefficient (Wildman–Crippen LogP) is 1.88. The Morgan fingerprint density at radius 3 is 3.00 bits per heavy atom. The van der Waals surface area contributed by atoms with Crippen LogP contribution in [0.2, 0.25) is 0 Å². The van der Waals surface area contributed by atoms with Crippen LogP contribution in [0.1, 0.15) is 50.8 Å². The first kappa shape index (κ1) is 10.6. The van der Waals surface area contributed by atoms with Gasteiger partial charge in [0.15, 0.2) is 0 Å². The first-order valence-electron chi connectivity index (χ1n) is 5.95. The average molecular weight is 208 g/mol. The van der Waals surface area contributed by atoms with Crippen molar-refractivity contribution in [2.24, 2.45) is 11.7 Å². The lowest BCUT2D eigenvalue weighted by molar-refractivity contribution is 0.264. The highest BCUT2D eigenvalue weighted by molar-refractivity contribution is 4.99. The molecule has 1 saturated carbocycles. The summed E-state index contributed by atoms with van der Waals surface area (Å²) in [4.78, 5) is 0. The van der Waals surface area contributed by atoms with Gasteiger partial charge in [-0.2, -0.15) is 0 Å². The zero-order valence-corrected chi connectivity index (χ0v) is 9.39. The van der Waals surface area contributed by atoms with Gasteiger partial charge in [0.25, 0.3) is 0 Å². The highest BCUT2D eigenvalue weighted by Crippen LogP contribution is 2.27. The Kier molecular flexibility index (Phi) is 3.36. The van der Waals surface area contributed by atoms with Gasteiger partial charge in [0.05, 0.1) is 17.9 Å². The third-order valence-corrected chi connectivity index (χ3v) is 3.21. The Morgan fingerprint density at radius 2 is 2.40 bits per heavy atom. The second kappa shape index (κ2) is 4.75. The normalized spacial score (nSPS) is 18.8. The van der Waals surface area contributed by atoms with E-state index in [9.17, 15) is 0 Å². The quantitative estimate of drug-likeness (QED) is 0.803. The van der Waals surface area contributed by atoms with Gasteiger partial charge in [0.1, 0.15) is 0 Å². The second-order valence-corrected chi connectivity index (χ2v) is 4.56. The van der Waals surface area contributed by atoms with E-state index in [0.717, 1.165) is 31.0 Å². The molecular formula is C11H20N4. The van der Waals surface area contributed by atoms with Gasteiger partial charge in [-0.1, -0.05) is 25.0 Å². The van der Waals surface area contributed by atoms with E-state index in [0.29, 0.717) is 0 Å². The van der Waals surface area contributed by atoms with E-state index in [4.69, 9.17) is 5.73 Å². The molecule has 1 fully saturated rings. The number of rotatable bonds is 5. The SMILES string of the molecule is CCCC(N)c1cn(CC2CCC2)nn1. The lowest BCUT2D eigenvalue weighted by Crippen LogP contribution is -2.18. The van der Waals surface area contributed by atoms with Gasteiger partial charge in [0.2, 0.25) is 0 Å². The van der Waals surface area contributed by atoms with Crippen molar-refractivity contribution in [3.05, 3.63) is 11.9 Å². The molecule has 4 nitrogen and oxygen atoms in total. The Balaban J connectivity index is 1.90. The maximum Gasteiger partial charge on any atom is 0.0994 e. The van der Waals surface area contributed by atoms with E-state index in [2.05, 4.69) is 17.2 Å². The summed E-state index contributed by atoms with van der Waals surface area (Å²) in [7, 11) is 0. The molecule has 2 rings (SSSR count). The summed E-state index contributed by atoms with van der Waals surface area (Å²) in [5.74, 6) is 0.821. The topological polar surface area (TPSA) is 56.7 Å². The molecule has 1 unspecified atom stereocenters. The Morgan fingerprint density at radius 1 is 1.60 bits per heavy atom. The first-order chi connectivity index (χ1) is 7.29. The molecule has 0 bridgehead atoms. The van der Waals surface area contributed by atoms with Gasteiger partial charge in [-0.05, 0) is 25.2 Å². The van der Waals surface area contributed by atoms with Crippen molar-refractivity contribution in [2.45, 2.75) is 51.6 Å². The van der Waals surface area contributed by atoms with E-state index in [1.54, 1.807) is 0 Å². The van der Waals surface area contributed by atoms with Crippen LogP contribution in [0.25, 0.3) is 0 Å². The minimum Gasteiger partial charge on any atom is -0.323 e. The lowest BCUT2D eigenvalue weighted by atomic mass is 9.85. The van der Waals surface area contributed by atoms with Crippen molar-refractivity contribution >= 4 is 0 Å². The molecular weight excluding hydrogens is 188 g/mol. The van der Waals surface area contributed by atoms with Crippen LogP contribution in [-0.4, -0.2) is 15.0 Å². The van der Waals surface area contributed by atoms with E-state index < -0.39 is 0 Å². The molecule has 4 heteroatoms. The zero-order valence-electron chi connectivity index (χ0n) is 9.39. The highest BCUT2D eigenvalue weighted by Gasteiger charge is 2.19. The molecule has 84 valence electrons. The standard InChI is InChI=1S/C11H20N4/c1-2-4-10(12)11-8-15(14-13-11)7-9-5-3-6-9/h8-10H,2-7,12H2,1H3. The molecule has 1 aliphatic rings. The fraction of sp³-hybridized carbons (Fsp3) is 0.818. The van der Waals surface area contributed by atoms with Crippen molar-refractivity contribution in [3.63, 3.8) is 0 Å². The zero-order chi connectivity index (χ0) is 10.7. The number of nitrogens with two attached hydrogens (primary N) is 1. The third kappa shape index (κ3) is 2.56. The fourth-order valence-corrected chi connectivity index (χ4v) is 1.97. The molecule has 0 saturated heterocycles. The van der Waals surface area contributed by atoms with Crippen LogP contribution >= 0.6 is 0 Å². The second-order valence-electron chi connectivity index (χ2n) is 4.56. The van der Waals surface area contributed by atoms with Gasteiger partial charge < -0.3 is 5.73 Å². The molecule has 1 aliphatic carbocycles. The minimum atomic E-state index is 0.0603. The number of hydrogen-bond acceptors (Lipinski definition) is 3. The van der Waals surface area contributed by atoms with Crippen LogP contribution in [0.15, 0.2) is 6.20 Å². The first-order valence-corrected chi connectivity index (χ1v) is 5.95. The summed E-state index contributed by atoms with van der Waals surface area (Å²) >= 11 is 0. The number of aromatic nitrogens is 3. The van der Waals surface area contributed by atoms with E-state index in [1.165, 1.54) is 19.3 Å². The molecule has 0 aromatic carbocycles. The van der Waals surface area contributed by atoms with Crippen molar-refractivity contribution in [2.75, 3.05) is 0 Å². The van der Waals surface area contributed by atoms with Gasteiger partial charge in [0, 0.05) is 6.54 Å². The highest BCUT2D eigenvalue weighted by atomic mass is 15.4. The largest absolute Gasteiger partial charge is 0.323 e. The lowest BCUT2D eigenvalue weighted by Gasteiger charge is -2.24. The number of hydrogen-bond donors (Lipinski definition) is 1. The Bertz CT molecular complexity index is 303. The molecule has 15 heavy (non-hydrogen) atoms. The summed E-state index contributed by atoms with van der Waals surface area (Å²) in [5.41, 5.74) is 6.92. The van der Waals surface area contributed by atoms with Crippen molar-refractivity contribution < 1.29 is 0 Å². The monoisotopic (exact) mass is 208 g/mol. The molecule has 2 N–H and O–H groups in total. The van der Waals surface area contributed by atoms with Crippen LogP contribution in [0.4, 0.5) is 0 Å². The maximum atomic E-state index is 5.98. The molecule has 1 aromatic heterocycles. The van der Waals surface area contributed by atoms with Crippen LogP contribution in [0.3, 0.4) is 0 Å². The smallest absolute Gasteiger partial charge is 0.0994 e. The summed E-state index contributed by atoms with van der Waals surface area (Å²) in [6.45, 7) is 3.16. The van der Waals surface area contributed by atoms with E-state index in [1.807, 2.05) is 10.9 Å². The van der Waals surface area contributed by atoms with Crippen LogP contribution < -0.4 is 5.73 Å². The van der Waals surface area contributed by atoms with E-state index in [-0.39, 0.29) is 6.04 Å². The molecule has 1 atom stereocenters. The molecule has 0 radical (unpaired) electrons. The van der Waals surface area contributed by atoms with Gasteiger partial charge in [-0.15, -0.1) is 5.10 Å². The molecule has 0 spiro atoms. The minimum absolute atomic E-state index is 0.0603. The third-order valence-electron chi connectivity index (χ3n) is 3.21. The van der Waals surface area contributed by atoms with Gasteiger partial charge >= 0.3 is 0 Å². The van der Waals surface area contributed by atoms with Gasteiger partial charge in [-0.25, -0.2) is 0 Å². The molecule has 0 aliphatic heterocycles. The summed E-state index contributed by atoms with van der Waals surface area (Å²) in [6, 6.07) is 0.0603. The molecule has 1 heterocycles. The summed E-state index contributed by atoms with van der Waals surface area (Å²) < 4.78 is 1.95. The molecule has 0 amide bonds. The van der Waals surface area contributed by atoms with Crippen LogP contribution in [0.5, 0.6) is 0 Å². The van der Waals surface area contributed by atoms with Crippen molar-refractivity contribution in [1.29, 1.82) is 0 Å². The fourth-order valence-electron chi connectivity index (χ4n) is 1.97. The van der Waals surface area contributed by atoms with E-state index >= 15 is 0 Å². The summed E-state index contributed by atoms with van der Waals surface area (Å²) in [6.07, 6.45) is 8.16.